The zero-order chi connectivity index (χ0) is 41.0. The summed E-state index contributed by atoms with van der Waals surface area (Å²) in [7, 11) is -3.10. The van der Waals surface area contributed by atoms with E-state index in [1.165, 1.54) is 41.8 Å². The molecule has 10 rings (SSSR count). The maximum Gasteiger partial charge on any atom is 0.249 e. The highest BCUT2D eigenvalue weighted by Crippen LogP contribution is 2.34. The summed E-state index contributed by atoms with van der Waals surface area (Å²) in [6.45, 7) is 2.15. The van der Waals surface area contributed by atoms with Gasteiger partial charge >= 0.3 is 0 Å². The maximum atomic E-state index is 8.36. The number of imidazole rings is 1. The van der Waals surface area contributed by atoms with Crippen LogP contribution in [0.3, 0.4) is 0 Å². The van der Waals surface area contributed by atoms with Crippen LogP contribution in [0.2, 0.25) is 0 Å². The second-order valence-electron chi connectivity index (χ2n) is 15.1. The van der Waals surface area contributed by atoms with Gasteiger partial charge in [0.15, 0.2) is 19.1 Å². The van der Waals surface area contributed by atoms with Crippen molar-refractivity contribution in [1.29, 1.82) is 0 Å². The van der Waals surface area contributed by atoms with Gasteiger partial charge in [-0.3, -0.25) is 4.57 Å². The second-order valence-corrected chi connectivity index (χ2v) is 18.9. The summed E-state index contributed by atoms with van der Waals surface area (Å²) in [5.41, 5.74) is 8.23. The Morgan fingerprint density at radius 2 is 1.21 bits per heavy atom. The van der Waals surface area contributed by atoms with Crippen molar-refractivity contribution in [2.75, 3.05) is 0 Å². The summed E-state index contributed by atoms with van der Waals surface area (Å²) in [6, 6.07) is 67.0. The number of fused-ring (bicyclic) bond motifs is 4. The van der Waals surface area contributed by atoms with Crippen LogP contribution in [0.4, 0.5) is 0 Å². The van der Waals surface area contributed by atoms with Crippen LogP contribution >= 0.6 is 0 Å². The van der Waals surface area contributed by atoms with E-state index < -0.39 is 15.0 Å². The average molecular weight is 755 g/mol. The fourth-order valence-electron chi connectivity index (χ4n) is 9.00. The molecule has 0 amide bonds. The number of aromatic nitrogens is 4. The van der Waals surface area contributed by atoms with Crippen LogP contribution in [-0.2, 0) is 6.98 Å². The molecule has 3 heterocycles. The zero-order valence-corrected chi connectivity index (χ0v) is 32.9. The predicted octanol–water partition coefficient (Wildman–Crippen LogP) is 9.11. The molecule has 57 heavy (non-hydrogen) atoms. The Hall–Kier alpha value is -6.82. The second kappa shape index (κ2) is 14.0. The van der Waals surface area contributed by atoms with Crippen molar-refractivity contribution in [1.82, 2.24) is 14.1 Å². The Kier molecular flexibility index (Phi) is 7.73. The fourth-order valence-corrected chi connectivity index (χ4v) is 13.8. The van der Waals surface area contributed by atoms with Crippen molar-refractivity contribution in [2.45, 2.75) is 19.8 Å². The van der Waals surface area contributed by atoms with E-state index in [0.29, 0.717) is 11.4 Å². The summed E-state index contributed by atoms with van der Waals surface area (Å²) >= 11 is 0. The smallest absolute Gasteiger partial charge is 0.249 e. The van der Waals surface area contributed by atoms with E-state index in [2.05, 4.69) is 182 Å². The molecule has 0 saturated carbocycles. The lowest BCUT2D eigenvalue weighted by Crippen LogP contribution is -2.74. The number of rotatable bonds is 8. The molecule has 0 radical (unpaired) electrons. The van der Waals surface area contributed by atoms with Crippen molar-refractivity contribution in [3.05, 3.63) is 206 Å². The van der Waals surface area contributed by atoms with Gasteiger partial charge in [-0.15, -0.1) is 0 Å². The Morgan fingerprint density at radius 1 is 0.561 bits per heavy atom. The standard InChI is InChI=1S/C52H43N4Si/c1-37(2)44-23-10-11-24-45(44)38-31-32-53-52(33-38)56-48-26-13-12-25-46(48)47-30-29-43(35-51(47)56)57(40-18-6-4-7-19-40,41-20-8-5-9-21-41)42-22-16-17-39(34-42)55-36-54(3)49-27-14-15-28-50(49)55/h4-37H,1-3H3/q+1/i3D3. The van der Waals surface area contributed by atoms with Crippen molar-refractivity contribution >= 4 is 61.7 Å². The molecule has 7 aromatic carbocycles. The highest BCUT2D eigenvalue weighted by Gasteiger charge is 2.42. The largest absolute Gasteiger partial charge is 0.294 e. The molecule has 0 aliphatic heterocycles. The van der Waals surface area contributed by atoms with Gasteiger partial charge in [0, 0.05) is 17.0 Å². The Morgan fingerprint density at radius 3 is 1.98 bits per heavy atom. The summed E-state index contributed by atoms with van der Waals surface area (Å²) < 4.78 is 30.8. The molecule has 0 aliphatic carbocycles. The monoisotopic (exact) mass is 754 g/mol. The van der Waals surface area contributed by atoms with Crippen molar-refractivity contribution in [3.63, 3.8) is 0 Å². The molecule has 0 atom stereocenters. The third kappa shape index (κ3) is 5.65. The number of para-hydroxylation sites is 3. The van der Waals surface area contributed by atoms with Crippen LogP contribution in [0.15, 0.2) is 201 Å². The minimum absolute atomic E-state index is 0.375. The molecular formula is C52H43N4Si+. The van der Waals surface area contributed by atoms with Crippen LogP contribution in [0.5, 0.6) is 0 Å². The van der Waals surface area contributed by atoms with Crippen LogP contribution in [-0.4, -0.2) is 22.2 Å². The number of aryl methyl sites for hydroxylation is 1. The molecule has 0 unspecified atom stereocenters. The van der Waals surface area contributed by atoms with Gasteiger partial charge in [-0.1, -0.05) is 153 Å². The SMILES string of the molecule is [2H]C([2H])([2H])[n+]1cn(-c2cccc([Si](c3ccccc3)(c3ccccc3)c3ccc4c5ccccc5n(-c5cc(-c6ccccc6C(C)C)ccn5)c4c3)c2)c2ccccc21. The van der Waals surface area contributed by atoms with Gasteiger partial charge in [0.2, 0.25) is 6.33 Å². The summed E-state index contributed by atoms with van der Waals surface area (Å²) in [6.07, 6.45) is 3.65. The fraction of sp³-hybridized carbons (Fsp3) is 0.0769. The van der Waals surface area contributed by atoms with E-state index in [4.69, 9.17) is 9.10 Å². The number of benzene rings is 7. The number of nitrogens with zero attached hydrogens (tertiary/aromatic N) is 4. The van der Waals surface area contributed by atoms with E-state index >= 15 is 0 Å². The van der Waals surface area contributed by atoms with E-state index in [9.17, 15) is 0 Å². The molecule has 274 valence electrons. The third-order valence-corrected chi connectivity index (χ3v) is 16.3. The minimum atomic E-state index is -3.10. The quantitative estimate of drug-likeness (QED) is 0.0864. The number of hydrogen-bond acceptors (Lipinski definition) is 1. The molecule has 0 N–H and O–H groups in total. The molecule has 0 spiro atoms. The first-order chi connectivity index (χ1) is 29.2. The minimum Gasteiger partial charge on any atom is -0.294 e. The van der Waals surface area contributed by atoms with Crippen LogP contribution < -0.4 is 25.3 Å². The first kappa shape index (κ1) is 31.4. The lowest BCUT2D eigenvalue weighted by atomic mass is 9.93. The highest BCUT2D eigenvalue weighted by atomic mass is 28.3. The molecular weight excluding hydrogens is 709 g/mol. The highest BCUT2D eigenvalue weighted by molar-refractivity contribution is 7.20. The molecule has 4 nitrogen and oxygen atoms in total. The van der Waals surface area contributed by atoms with Gasteiger partial charge in [-0.2, -0.15) is 4.57 Å². The van der Waals surface area contributed by atoms with E-state index in [0.717, 1.165) is 39.0 Å². The molecule has 0 aliphatic rings. The van der Waals surface area contributed by atoms with E-state index in [-0.39, 0.29) is 0 Å². The molecule has 0 fully saturated rings. The molecule has 3 aromatic heterocycles. The van der Waals surface area contributed by atoms with E-state index in [1.54, 1.807) is 6.33 Å². The lowest BCUT2D eigenvalue weighted by Gasteiger charge is -2.34. The van der Waals surface area contributed by atoms with Crippen LogP contribution in [0, 0.1) is 0 Å². The van der Waals surface area contributed by atoms with Crippen molar-refractivity contribution < 1.29 is 8.68 Å². The summed E-state index contributed by atoms with van der Waals surface area (Å²) in [5, 5.41) is 7.23. The van der Waals surface area contributed by atoms with Gasteiger partial charge in [-0.25, -0.2) is 9.55 Å². The van der Waals surface area contributed by atoms with Crippen molar-refractivity contribution in [3.8, 4) is 22.6 Å². The normalized spacial score (nSPS) is 12.9. The van der Waals surface area contributed by atoms with Crippen molar-refractivity contribution in [2.24, 2.45) is 6.98 Å². The summed E-state index contributed by atoms with van der Waals surface area (Å²) in [4.78, 5) is 5.07. The van der Waals surface area contributed by atoms with Crippen LogP contribution in [0.1, 0.15) is 29.4 Å². The first-order valence-electron chi connectivity index (χ1n) is 21.1. The zero-order valence-electron chi connectivity index (χ0n) is 34.9. The molecule has 10 aromatic rings. The third-order valence-electron chi connectivity index (χ3n) is 11.6. The van der Waals surface area contributed by atoms with Gasteiger partial charge < -0.3 is 0 Å². The lowest BCUT2D eigenvalue weighted by molar-refractivity contribution is -0.645. The van der Waals surface area contributed by atoms with Crippen LogP contribution in [0.25, 0.3) is 55.5 Å². The molecule has 0 bridgehead atoms. The summed E-state index contributed by atoms with van der Waals surface area (Å²) in [5.74, 6) is 1.24. The Bertz CT molecular complexity index is 3150. The van der Waals surface area contributed by atoms with Gasteiger partial charge in [0.25, 0.3) is 0 Å². The average Bonchev–Trinajstić information content (AvgIpc) is 3.85. The van der Waals surface area contributed by atoms with Gasteiger partial charge in [0.05, 0.1) is 22.1 Å². The molecule has 0 saturated heterocycles. The number of pyridine rings is 1. The topological polar surface area (TPSA) is 26.6 Å². The predicted molar refractivity (Wildman–Crippen MR) is 240 cm³/mol. The van der Waals surface area contributed by atoms with Gasteiger partial charge in [0.1, 0.15) is 11.5 Å². The Balaban J connectivity index is 1.26. The Labute approximate surface area is 338 Å². The number of hydrogen-bond donors (Lipinski definition) is 0. The van der Waals surface area contributed by atoms with Gasteiger partial charge in [-0.05, 0) is 91.9 Å². The molecule has 5 heteroatoms. The maximum absolute atomic E-state index is 8.36. The first-order valence-corrected chi connectivity index (χ1v) is 21.6. The van der Waals surface area contributed by atoms with E-state index in [1.807, 2.05) is 35.0 Å².